The van der Waals surface area contributed by atoms with Crippen LogP contribution in [0.4, 0.5) is 5.69 Å². The van der Waals surface area contributed by atoms with Crippen molar-refractivity contribution in [1.29, 1.82) is 0 Å². The minimum absolute atomic E-state index is 0.365. The topological polar surface area (TPSA) is 15.3 Å². The standard InChI is InChI=1S/C15H24N2/c1-15(2,3)11-17(4)10-12-5-6-13-7-8-16-14(13)9-12/h5-6,9,16H,7-8,10-11H2,1-4H3. The molecule has 1 aromatic carbocycles. The molecular formula is C15H24N2. The van der Waals surface area contributed by atoms with Crippen LogP contribution in [0, 0.1) is 5.41 Å². The molecule has 1 aromatic rings. The second-order valence-electron chi connectivity index (χ2n) is 6.40. The fourth-order valence-electron chi connectivity index (χ4n) is 2.61. The molecule has 1 N–H and O–H groups in total. The quantitative estimate of drug-likeness (QED) is 0.861. The van der Waals surface area contributed by atoms with E-state index < -0.39 is 0 Å². The zero-order valence-corrected chi connectivity index (χ0v) is 11.5. The Morgan fingerprint density at radius 3 is 2.76 bits per heavy atom. The second-order valence-corrected chi connectivity index (χ2v) is 6.40. The largest absolute Gasteiger partial charge is 0.384 e. The molecule has 94 valence electrons. The van der Waals surface area contributed by atoms with Crippen LogP contribution in [0.25, 0.3) is 0 Å². The van der Waals surface area contributed by atoms with Crippen LogP contribution in [-0.2, 0) is 13.0 Å². The van der Waals surface area contributed by atoms with Gasteiger partial charge >= 0.3 is 0 Å². The first-order chi connectivity index (χ1) is 7.94. The minimum Gasteiger partial charge on any atom is -0.384 e. The predicted octanol–water partition coefficient (Wildman–Crippen LogP) is 3.13. The summed E-state index contributed by atoms with van der Waals surface area (Å²) < 4.78 is 0. The lowest BCUT2D eigenvalue weighted by atomic mass is 9.96. The molecule has 0 spiro atoms. The summed E-state index contributed by atoms with van der Waals surface area (Å²) in [6.07, 6.45) is 1.17. The summed E-state index contributed by atoms with van der Waals surface area (Å²) in [6, 6.07) is 6.85. The molecule has 0 aromatic heterocycles. The molecule has 0 saturated carbocycles. The average molecular weight is 232 g/mol. The molecule has 0 atom stereocenters. The van der Waals surface area contributed by atoms with Gasteiger partial charge < -0.3 is 10.2 Å². The maximum absolute atomic E-state index is 3.44. The van der Waals surface area contributed by atoms with Crippen molar-refractivity contribution in [1.82, 2.24) is 4.90 Å². The molecule has 0 radical (unpaired) electrons. The van der Waals surface area contributed by atoms with Gasteiger partial charge in [-0.2, -0.15) is 0 Å². The van der Waals surface area contributed by atoms with Crippen molar-refractivity contribution in [3.63, 3.8) is 0 Å². The van der Waals surface area contributed by atoms with Crippen molar-refractivity contribution in [2.75, 3.05) is 25.5 Å². The third kappa shape index (κ3) is 3.47. The van der Waals surface area contributed by atoms with E-state index in [1.54, 1.807) is 0 Å². The van der Waals surface area contributed by atoms with Gasteiger partial charge in [0.15, 0.2) is 0 Å². The molecular weight excluding hydrogens is 208 g/mol. The number of nitrogens with zero attached hydrogens (tertiary/aromatic N) is 1. The van der Waals surface area contributed by atoms with Crippen LogP contribution in [0.1, 0.15) is 31.9 Å². The van der Waals surface area contributed by atoms with E-state index in [4.69, 9.17) is 0 Å². The number of hydrogen-bond acceptors (Lipinski definition) is 2. The highest BCUT2D eigenvalue weighted by molar-refractivity contribution is 5.56. The number of hydrogen-bond donors (Lipinski definition) is 1. The minimum atomic E-state index is 0.365. The third-order valence-corrected chi connectivity index (χ3v) is 3.08. The van der Waals surface area contributed by atoms with Crippen LogP contribution in [0.2, 0.25) is 0 Å². The summed E-state index contributed by atoms with van der Waals surface area (Å²) in [6.45, 7) is 10.1. The van der Waals surface area contributed by atoms with Crippen LogP contribution >= 0.6 is 0 Å². The zero-order valence-electron chi connectivity index (χ0n) is 11.5. The Hall–Kier alpha value is -1.02. The van der Waals surface area contributed by atoms with Gasteiger partial charge in [0.25, 0.3) is 0 Å². The summed E-state index contributed by atoms with van der Waals surface area (Å²) in [4.78, 5) is 2.40. The van der Waals surface area contributed by atoms with Crippen LogP contribution in [0.15, 0.2) is 18.2 Å². The molecule has 0 amide bonds. The summed E-state index contributed by atoms with van der Waals surface area (Å²) >= 11 is 0. The summed E-state index contributed by atoms with van der Waals surface area (Å²) in [5, 5.41) is 3.44. The molecule has 0 saturated heterocycles. The monoisotopic (exact) mass is 232 g/mol. The third-order valence-electron chi connectivity index (χ3n) is 3.08. The molecule has 2 rings (SSSR count). The Bertz CT molecular complexity index is 390. The fourth-order valence-corrected chi connectivity index (χ4v) is 2.61. The van der Waals surface area contributed by atoms with Crippen molar-refractivity contribution in [2.45, 2.75) is 33.7 Å². The van der Waals surface area contributed by atoms with E-state index in [1.165, 1.54) is 23.2 Å². The Labute approximate surface area is 105 Å². The first-order valence-electron chi connectivity index (χ1n) is 6.48. The fraction of sp³-hybridized carbons (Fsp3) is 0.600. The normalized spacial score (nSPS) is 14.9. The number of benzene rings is 1. The van der Waals surface area contributed by atoms with Gasteiger partial charge in [-0.1, -0.05) is 32.9 Å². The molecule has 0 unspecified atom stereocenters. The Morgan fingerprint density at radius 2 is 2.06 bits per heavy atom. The van der Waals surface area contributed by atoms with Crippen molar-refractivity contribution in [2.24, 2.45) is 5.41 Å². The SMILES string of the molecule is CN(Cc1ccc2c(c1)NCC2)CC(C)(C)C. The maximum Gasteiger partial charge on any atom is 0.0376 e. The molecule has 0 aliphatic carbocycles. The van der Waals surface area contributed by atoms with E-state index in [-0.39, 0.29) is 0 Å². The van der Waals surface area contributed by atoms with Gasteiger partial charge in [0, 0.05) is 25.3 Å². The van der Waals surface area contributed by atoms with Gasteiger partial charge in [0.05, 0.1) is 0 Å². The zero-order chi connectivity index (χ0) is 12.5. The molecule has 1 aliphatic heterocycles. The van der Waals surface area contributed by atoms with E-state index in [1.807, 2.05) is 0 Å². The van der Waals surface area contributed by atoms with Gasteiger partial charge in [0.2, 0.25) is 0 Å². The highest BCUT2D eigenvalue weighted by atomic mass is 15.1. The molecule has 0 fully saturated rings. The van der Waals surface area contributed by atoms with Crippen LogP contribution < -0.4 is 5.32 Å². The predicted molar refractivity (Wildman–Crippen MR) is 74.4 cm³/mol. The summed E-state index contributed by atoms with van der Waals surface area (Å²) in [7, 11) is 2.20. The van der Waals surface area contributed by atoms with Crippen molar-refractivity contribution >= 4 is 5.69 Å². The Morgan fingerprint density at radius 1 is 1.29 bits per heavy atom. The Kier molecular flexibility index (Phi) is 3.43. The molecule has 2 heteroatoms. The molecule has 0 bridgehead atoms. The van der Waals surface area contributed by atoms with E-state index in [0.717, 1.165) is 19.6 Å². The first kappa shape index (κ1) is 12.4. The Balaban J connectivity index is 1.99. The van der Waals surface area contributed by atoms with Gasteiger partial charge in [-0.05, 0) is 36.1 Å². The van der Waals surface area contributed by atoms with Gasteiger partial charge in [-0.25, -0.2) is 0 Å². The highest BCUT2D eigenvalue weighted by Crippen LogP contribution is 2.24. The van der Waals surface area contributed by atoms with Crippen LogP contribution in [0.3, 0.4) is 0 Å². The molecule has 17 heavy (non-hydrogen) atoms. The average Bonchev–Trinajstić information content (AvgIpc) is 2.61. The number of fused-ring (bicyclic) bond motifs is 1. The van der Waals surface area contributed by atoms with E-state index >= 15 is 0 Å². The van der Waals surface area contributed by atoms with Crippen molar-refractivity contribution < 1.29 is 0 Å². The van der Waals surface area contributed by atoms with Gasteiger partial charge in [0.1, 0.15) is 0 Å². The maximum atomic E-state index is 3.44. The van der Waals surface area contributed by atoms with Gasteiger partial charge in [-0.15, -0.1) is 0 Å². The van der Waals surface area contributed by atoms with Crippen molar-refractivity contribution in [3.05, 3.63) is 29.3 Å². The second kappa shape index (κ2) is 4.69. The van der Waals surface area contributed by atoms with E-state index in [2.05, 4.69) is 56.2 Å². The van der Waals surface area contributed by atoms with Crippen molar-refractivity contribution in [3.8, 4) is 0 Å². The van der Waals surface area contributed by atoms with Crippen LogP contribution in [0.5, 0.6) is 0 Å². The highest BCUT2D eigenvalue weighted by Gasteiger charge is 2.15. The number of anilines is 1. The lowest BCUT2D eigenvalue weighted by Crippen LogP contribution is -2.28. The van der Waals surface area contributed by atoms with Crippen LogP contribution in [-0.4, -0.2) is 25.0 Å². The smallest absolute Gasteiger partial charge is 0.0376 e. The summed E-state index contributed by atoms with van der Waals surface area (Å²) in [5.41, 5.74) is 4.58. The number of nitrogens with one attached hydrogen (secondary N) is 1. The van der Waals surface area contributed by atoms with Gasteiger partial charge in [-0.3, -0.25) is 0 Å². The van der Waals surface area contributed by atoms with E-state index in [0.29, 0.717) is 5.41 Å². The number of rotatable bonds is 3. The lowest BCUT2D eigenvalue weighted by molar-refractivity contribution is 0.221. The summed E-state index contributed by atoms with van der Waals surface area (Å²) in [5.74, 6) is 0. The lowest BCUT2D eigenvalue weighted by Gasteiger charge is -2.26. The molecule has 1 aliphatic rings. The van der Waals surface area contributed by atoms with E-state index in [9.17, 15) is 0 Å². The first-order valence-corrected chi connectivity index (χ1v) is 6.48. The molecule has 2 nitrogen and oxygen atoms in total. The molecule has 1 heterocycles.